The van der Waals surface area contributed by atoms with Crippen molar-refractivity contribution in [3.8, 4) is 0 Å². The second-order valence-corrected chi connectivity index (χ2v) is 20.3. The van der Waals surface area contributed by atoms with Gasteiger partial charge >= 0.3 is 0 Å². The minimum atomic E-state index is -1.28. The van der Waals surface area contributed by atoms with Gasteiger partial charge in [0.1, 0.15) is 12.2 Å². The standard InChI is InChI=1S/C59H115NO5/c1-3-5-7-9-11-13-15-17-19-21-23-24-25-26-27-28-29-30-31-32-33-35-36-38-40-42-44-46-48-50-52-56(62)58(64)55(54-61)60-59(65)57(63)53-51-49-47-45-43-41-39-37-34-22-20-18-16-14-12-10-8-6-4-2/h34,37,44,46,55-58,61-64H,3-33,35-36,38-43,45,47-54H2,1-2H3,(H,60,65)/b37-34-,46-44+. The van der Waals surface area contributed by atoms with E-state index in [-0.39, 0.29) is 0 Å². The van der Waals surface area contributed by atoms with Crippen LogP contribution < -0.4 is 5.32 Å². The van der Waals surface area contributed by atoms with E-state index in [1.54, 1.807) is 0 Å². The van der Waals surface area contributed by atoms with E-state index in [9.17, 15) is 25.2 Å². The first-order valence-electron chi connectivity index (χ1n) is 29.2. The number of allylic oxidation sites excluding steroid dienone is 4. The normalized spacial score (nSPS) is 13.9. The second kappa shape index (κ2) is 53.7. The van der Waals surface area contributed by atoms with Gasteiger partial charge in [0.05, 0.1) is 18.8 Å². The van der Waals surface area contributed by atoms with Crippen LogP contribution in [-0.2, 0) is 4.79 Å². The quantitative estimate of drug-likeness (QED) is 0.0308. The molecule has 0 aliphatic carbocycles. The molecule has 65 heavy (non-hydrogen) atoms. The zero-order chi connectivity index (χ0) is 47.4. The molecule has 0 saturated carbocycles. The number of nitrogens with one attached hydrogen (secondary N) is 1. The zero-order valence-electron chi connectivity index (χ0n) is 43.8. The van der Waals surface area contributed by atoms with E-state index in [1.807, 2.05) is 0 Å². The Bertz CT molecular complexity index is 986. The topological polar surface area (TPSA) is 110 Å². The van der Waals surface area contributed by atoms with Gasteiger partial charge in [0, 0.05) is 0 Å². The molecular weight excluding hydrogens is 803 g/mol. The van der Waals surface area contributed by atoms with E-state index in [0.717, 1.165) is 44.9 Å². The first-order valence-corrected chi connectivity index (χ1v) is 29.2. The molecule has 4 unspecified atom stereocenters. The molecule has 6 nitrogen and oxygen atoms in total. The predicted octanol–water partition coefficient (Wildman–Crippen LogP) is 17.0. The van der Waals surface area contributed by atoms with Gasteiger partial charge in [0.25, 0.3) is 0 Å². The summed E-state index contributed by atoms with van der Waals surface area (Å²) in [4.78, 5) is 12.6. The van der Waals surface area contributed by atoms with Crippen LogP contribution in [0.15, 0.2) is 24.3 Å². The number of carbonyl (C=O) groups excluding carboxylic acids is 1. The summed E-state index contributed by atoms with van der Waals surface area (Å²) >= 11 is 0. The van der Waals surface area contributed by atoms with E-state index >= 15 is 0 Å². The van der Waals surface area contributed by atoms with Crippen LogP contribution in [0.1, 0.15) is 316 Å². The Morgan fingerprint density at radius 2 is 0.631 bits per heavy atom. The van der Waals surface area contributed by atoms with Crippen LogP contribution >= 0.6 is 0 Å². The minimum absolute atomic E-state index is 0.357. The summed E-state index contributed by atoms with van der Waals surface area (Å²) in [6.07, 6.45) is 65.5. The van der Waals surface area contributed by atoms with Gasteiger partial charge in [-0.3, -0.25) is 4.79 Å². The summed E-state index contributed by atoms with van der Waals surface area (Å²) in [7, 11) is 0. The van der Waals surface area contributed by atoms with Crippen LogP contribution in [0.2, 0.25) is 0 Å². The van der Waals surface area contributed by atoms with Gasteiger partial charge in [0.15, 0.2) is 0 Å². The lowest BCUT2D eigenvalue weighted by molar-refractivity contribution is -0.132. The fraction of sp³-hybridized carbons (Fsp3) is 0.915. The molecule has 0 bridgehead atoms. The molecule has 386 valence electrons. The minimum Gasteiger partial charge on any atom is -0.394 e. The Morgan fingerprint density at radius 1 is 0.369 bits per heavy atom. The first-order chi connectivity index (χ1) is 32.0. The third-order valence-corrected chi connectivity index (χ3v) is 13.9. The smallest absolute Gasteiger partial charge is 0.249 e. The van der Waals surface area contributed by atoms with Gasteiger partial charge < -0.3 is 25.7 Å². The summed E-state index contributed by atoms with van der Waals surface area (Å²) in [5.74, 6) is -0.594. The maximum Gasteiger partial charge on any atom is 0.249 e. The van der Waals surface area contributed by atoms with Crippen LogP contribution in [0.4, 0.5) is 0 Å². The summed E-state index contributed by atoms with van der Waals surface area (Å²) in [6.45, 7) is 4.08. The Morgan fingerprint density at radius 3 is 0.923 bits per heavy atom. The zero-order valence-corrected chi connectivity index (χ0v) is 43.8. The molecule has 0 aromatic heterocycles. The fourth-order valence-electron chi connectivity index (χ4n) is 9.29. The molecule has 4 atom stereocenters. The number of carbonyl (C=O) groups is 1. The molecule has 0 aliphatic rings. The average Bonchev–Trinajstić information content (AvgIpc) is 3.31. The highest BCUT2D eigenvalue weighted by Gasteiger charge is 2.28. The molecule has 1 amide bonds. The Balaban J connectivity index is 3.62. The number of hydrogen-bond donors (Lipinski definition) is 5. The van der Waals surface area contributed by atoms with Gasteiger partial charge in [-0.05, 0) is 64.2 Å². The molecule has 0 aliphatic heterocycles. The number of aliphatic hydroxyl groups excluding tert-OH is 4. The molecule has 0 aromatic rings. The lowest BCUT2D eigenvalue weighted by atomic mass is 10.00. The number of amides is 1. The monoisotopic (exact) mass is 918 g/mol. The maximum atomic E-state index is 12.6. The van der Waals surface area contributed by atoms with Gasteiger partial charge in [0.2, 0.25) is 5.91 Å². The predicted molar refractivity (Wildman–Crippen MR) is 284 cm³/mol. The highest BCUT2D eigenvalue weighted by molar-refractivity contribution is 5.80. The van der Waals surface area contributed by atoms with E-state index in [1.165, 1.54) is 244 Å². The van der Waals surface area contributed by atoms with Crippen LogP contribution in [0.25, 0.3) is 0 Å². The molecule has 0 radical (unpaired) electrons. The molecule has 0 rings (SSSR count). The maximum absolute atomic E-state index is 12.6. The summed E-state index contributed by atoms with van der Waals surface area (Å²) in [6, 6.07) is -1.00. The van der Waals surface area contributed by atoms with Crippen molar-refractivity contribution in [1.82, 2.24) is 5.32 Å². The molecule has 5 N–H and O–H groups in total. The molecular formula is C59H115NO5. The SMILES string of the molecule is CCCCCCCCCCC/C=C\CCCCCCCCC(O)C(=O)NC(CO)C(O)C(O)CCC/C=C/CCCCCCCCCCCCCCCCCCCCCCCCCCC. The Kier molecular flexibility index (Phi) is 52.7. The van der Waals surface area contributed by atoms with Gasteiger partial charge in [-0.2, -0.15) is 0 Å². The van der Waals surface area contributed by atoms with Gasteiger partial charge in [-0.1, -0.05) is 276 Å². The van der Waals surface area contributed by atoms with Crippen molar-refractivity contribution in [3.63, 3.8) is 0 Å². The van der Waals surface area contributed by atoms with Crippen LogP contribution in [-0.4, -0.2) is 57.3 Å². The second-order valence-electron chi connectivity index (χ2n) is 20.3. The molecule has 0 heterocycles. The fourth-order valence-corrected chi connectivity index (χ4v) is 9.29. The average molecular weight is 919 g/mol. The van der Waals surface area contributed by atoms with Gasteiger partial charge in [-0.15, -0.1) is 0 Å². The third kappa shape index (κ3) is 47.6. The van der Waals surface area contributed by atoms with E-state index in [2.05, 4.69) is 43.5 Å². The van der Waals surface area contributed by atoms with Crippen LogP contribution in [0.5, 0.6) is 0 Å². The van der Waals surface area contributed by atoms with Crippen molar-refractivity contribution < 1.29 is 25.2 Å². The number of rotatable bonds is 54. The number of hydrogen-bond acceptors (Lipinski definition) is 5. The van der Waals surface area contributed by atoms with E-state index in [0.29, 0.717) is 12.8 Å². The lowest BCUT2D eigenvalue weighted by Crippen LogP contribution is -2.53. The molecule has 0 fully saturated rings. The molecule has 0 spiro atoms. The summed E-state index contributed by atoms with van der Waals surface area (Å²) < 4.78 is 0. The number of aliphatic hydroxyl groups is 4. The Hall–Kier alpha value is -1.21. The summed E-state index contributed by atoms with van der Waals surface area (Å²) in [5, 5.41) is 44.0. The highest BCUT2D eigenvalue weighted by Crippen LogP contribution is 2.18. The van der Waals surface area contributed by atoms with Crippen molar-refractivity contribution in [2.45, 2.75) is 340 Å². The molecule has 0 aromatic carbocycles. The largest absolute Gasteiger partial charge is 0.394 e. The van der Waals surface area contributed by atoms with Crippen LogP contribution in [0, 0.1) is 0 Å². The highest BCUT2D eigenvalue weighted by atomic mass is 16.3. The molecule has 0 saturated heterocycles. The van der Waals surface area contributed by atoms with Crippen molar-refractivity contribution in [2.75, 3.05) is 6.61 Å². The third-order valence-electron chi connectivity index (χ3n) is 13.9. The van der Waals surface area contributed by atoms with E-state index in [4.69, 9.17) is 0 Å². The van der Waals surface area contributed by atoms with Crippen molar-refractivity contribution in [3.05, 3.63) is 24.3 Å². The van der Waals surface area contributed by atoms with Crippen molar-refractivity contribution in [1.29, 1.82) is 0 Å². The Labute approximate surface area is 405 Å². The lowest BCUT2D eigenvalue weighted by Gasteiger charge is -2.27. The van der Waals surface area contributed by atoms with Crippen LogP contribution in [0.3, 0.4) is 0 Å². The van der Waals surface area contributed by atoms with Crippen molar-refractivity contribution >= 4 is 5.91 Å². The van der Waals surface area contributed by atoms with E-state index < -0.39 is 36.9 Å². The van der Waals surface area contributed by atoms with Gasteiger partial charge in [-0.25, -0.2) is 0 Å². The summed E-state index contributed by atoms with van der Waals surface area (Å²) in [5.41, 5.74) is 0. The first kappa shape index (κ1) is 63.8. The molecule has 6 heteroatoms. The number of unbranched alkanes of at least 4 members (excludes halogenated alkanes) is 41. The van der Waals surface area contributed by atoms with Crippen molar-refractivity contribution in [2.24, 2.45) is 0 Å².